The largest absolute Gasteiger partial charge is 0.469 e. The lowest BCUT2D eigenvalue weighted by Crippen LogP contribution is -2.47. The Bertz CT molecular complexity index is 719. The fourth-order valence-corrected chi connectivity index (χ4v) is 4.69. The lowest BCUT2D eigenvalue weighted by atomic mass is 9.78. The van der Waals surface area contributed by atoms with Crippen LogP contribution in [-0.2, 0) is 14.9 Å². The Kier molecular flexibility index (Phi) is 7.09. The number of nitrogens with one attached hydrogen (secondary N) is 1. The predicted molar refractivity (Wildman–Crippen MR) is 109 cm³/mol. The van der Waals surface area contributed by atoms with Crippen molar-refractivity contribution in [2.45, 2.75) is 50.9 Å². The maximum Gasteiger partial charge on any atom is 0.308 e. The van der Waals surface area contributed by atoms with Crippen LogP contribution >= 0.6 is 0 Å². The smallest absolute Gasteiger partial charge is 0.308 e. The van der Waals surface area contributed by atoms with Gasteiger partial charge in [0.2, 0.25) is 0 Å². The minimum Gasteiger partial charge on any atom is -0.469 e. The van der Waals surface area contributed by atoms with Crippen LogP contribution in [0.25, 0.3) is 0 Å². The quantitative estimate of drug-likeness (QED) is 0.460. The lowest BCUT2D eigenvalue weighted by Gasteiger charge is -2.34. The van der Waals surface area contributed by atoms with Crippen LogP contribution in [0.3, 0.4) is 0 Å². The van der Waals surface area contributed by atoms with Gasteiger partial charge in [-0.2, -0.15) is 0 Å². The highest BCUT2D eigenvalue weighted by Gasteiger charge is 2.40. The first kappa shape index (κ1) is 21.5. The molecule has 1 heterocycles. The molecule has 1 aliphatic carbocycles. The van der Waals surface area contributed by atoms with Crippen LogP contribution in [0.4, 0.5) is 8.78 Å². The molecule has 0 bridgehead atoms. The van der Waals surface area contributed by atoms with Crippen molar-refractivity contribution in [1.29, 1.82) is 0 Å². The van der Waals surface area contributed by atoms with Crippen LogP contribution in [0.2, 0.25) is 0 Å². The molecule has 1 N–H and O–H groups in total. The fraction of sp³-hybridized carbons (Fsp3) is 0.636. The van der Waals surface area contributed by atoms with E-state index >= 15 is 0 Å². The number of rotatable bonds is 5. The number of benzene rings is 1. The van der Waals surface area contributed by atoms with Crippen LogP contribution in [-0.4, -0.2) is 50.1 Å². The molecule has 1 aromatic carbocycles. The first-order chi connectivity index (χ1) is 14.0. The SMILES string of the molecule is CCNC(=NCC1(c2c(F)cccc2F)CCCC1)N1CCC(C(=O)OC)CC1. The van der Waals surface area contributed by atoms with Crippen LogP contribution in [0.15, 0.2) is 23.2 Å². The van der Waals surface area contributed by atoms with E-state index in [0.717, 1.165) is 31.6 Å². The Labute approximate surface area is 171 Å². The van der Waals surface area contributed by atoms with Gasteiger partial charge in [-0.15, -0.1) is 0 Å². The van der Waals surface area contributed by atoms with Crippen molar-refractivity contribution in [3.8, 4) is 0 Å². The molecule has 3 rings (SSSR count). The van der Waals surface area contributed by atoms with E-state index in [2.05, 4.69) is 10.2 Å². The van der Waals surface area contributed by atoms with Crippen molar-refractivity contribution >= 4 is 11.9 Å². The average Bonchev–Trinajstić information content (AvgIpc) is 3.20. The number of carbonyl (C=O) groups excluding carboxylic acids is 1. The molecule has 7 heteroatoms. The molecule has 0 spiro atoms. The summed E-state index contributed by atoms with van der Waals surface area (Å²) >= 11 is 0. The number of piperidine rings is 1. The van der Waals surface area contributed by atoms with Gasteiger partial charge in [0.05, 0.1) is 19.6 Å². The first-order valence-electron chi connectivity index (χ1n) is 10.6. The molecule has 5 nitrogen and oxygen atoms in total. The summed E-state index contributed by atoms with van der Waals surface area (Å²) in [6, 6.07) is 4.09. The third kappa shape index (κ3) is 4.70. The summed E-state index contributed by atoms with van der Waals surface area (Å²) in [4.78, 5) is 18.7. The van der Waals surface area contributed by atoms with E-state index in [4.69, 9.17) is 9.73 Å². The van der Waals surface area contributed by atoms with Gasteiger partial charge in [-0.05, 0) is 44.7 Å². The number of hydrogen-bond donors (Lipinski definition) is 1. The number of halogens is 2. The highest BCUT2D eigenvalue weighted by atomic mass is 19.1. The van der Waals surface area contributed by atoms with E-state index in [0.29, 0.717) is 39.0 Å². The van der Waals surface area contributed by atoms with E-state index in [9.17, 15) is 13.6 Å². The number of methoxy groups -OCH3 is 1. The molecule has 0 unspecified atom stereocenters. The minimum atomic E-state index is -0.597. The molecule has 29 heavy (non-hydrogen) atoms. The average molecular weight is 408 g/mol. The van der Waals surface area contributed by atoms with Crippen molar-refractivity contribution in [2.75, 3.05) is 33.3 Å². The first-order valence-corrected chi connectivity index (χ1v) is 10.6. The number of hydrogen-bond acceptors (Lipinski definition) is 3. The van der Waals surface area contributed by atoms with Gasteiger partial charge in [-0.3, -0.25) is 9.79 Å². The van der Waals surface area contributed by atoms with Gasteiger partial charge in [0.15, 0.2) is 5.96 Å². The zero-order valence-electron chi connectivity index (χ0n) is 17.3. The van der Waals surface area contributed by atoms with Gasteiger partial charge in [-0.25, -0.2) is 8.78 Å². The highest BCUT2D eigenvalue weighted by molar-refractivity contribution is 5.80. The van der Waals surface area contributed by atoms with E-state index in [1.54, 1.807) is 0 Å². The van der Waals surface area contributed by atoms with Gasteiger partial charge in [0, 0.05) is 30.6 Å². The third-order valence-corrected chi connectivity index (χ3v) is 6.25. The lowest BCUT2D eigenvalue weighted by molar-refractivity contribution is -0.146. The second-order valence-corrected chi connectivity index (χ2v) is 8.04. The zero-order valence-corrected chi connectivity index (χ0v) is 17.3. The Balaban J connectivity index is 1.79. The number of esters is 1. The normalized spacial score (nSPS) is 20.0. The maximum atomic E-state index is 14.6. The Morgan fingerprint density at radius 3 is 2.41 bits per heavy atom. The van der Waals surface area contributed by atoms with Gasteiger partial charge in [-0.1, -0.05) is 18.9 Å². The molecule has 0 aromatic heterocycles. The Morgan fingerprint density at radius 2 is 1.86 bits per heavy atom. The summed E-state index contributed by atoms with van der Waals surface area (Å²) in [5.41, 5.74) is -0.415. The van der Waals surface area contributed by atoms with Crippen LogP contribution in [0, 0.1) is 17.6 Å². The zero-order chi connectivity index (χ0) is 20.9. The summed E-state index contributed by atoms with van der Waals surface area (Å²) in [5.74, 6) is -0.449. The van der Waals surface area contributed by atoms with Crippen molar-refractivity contribution in [3.05, 3.63) is 35.4 Å². The molecule has 0 atom stereocenters. The molecule has 1 aromatic rings. The Morgan fingerprint density at radius 1 is 1.24 bits per heavy atom. The van der Waals surface area contributed by atoms with Crippen LogP contribution < -0.4 is 5.32 Å². The van der Waals surface area contributed by atoms with Crippen LogP contribution in [0.1, 0.15) is 51.0 Å². The third-order valence-electron chi connectivity index (χ3n) is 6.25. The van der Waals surface area contributed by atoms with Gasteiger partial charge in [0.25, 0.3) is 0 Å². The topological polar surface area (TPSA) is 53.9 Å². The summed E-state index contributed by atoms with van der Waals surface area (Å²) in [5, 5.41) is 3.30. The van der Waals surface area contributed by atoms with Crippen molar-refractivity contribution in [1.82, 2.24) is 10.2 Å². The van der Waals surface area contributed by atoms with Crippen molar-refractivity contribution in [2.24, 2.45) is 10.9 Å². The van der Waals surface area contributed by atoms with Gasteiger partial charge < -0.3 is 15.0 Å². The van der Waals surface area contributed by atoms with E-state index in [1.807, 2.05) is 6.92 Å². The number of guanidine groups is 1. The highest BCUT2D eigenvalue weighted by Crippen LogP contribution is 2.43. The number of carbonyl (C=O) groups is 1. The van der Waals surface area contributed by atoms with Crippen LogP contribution in [0.5, 0.6) is 0 Å². The molecule has 2 aliphatic rings. The number of ether oxygens (including phenoxy) is 1. The van der Waals surface area contributed by atoms with E-state index in [1.165, 1.54) is 25.3 Å². The van der Waals surface area contributed by atoms with Gasteiger partial charge in [0.1, 0.15) is 11.6 Å². The molecule has 1 aliphatic heterocycles. The number of aliphatic imine (C=N–C) groups is 1. The monoisotopic (exact) mass is 407 g/mol. The summed E-state index contributed by atoms with van der Waals surface area (Å²) in [6.45, 7) is 4.46. The van der Waals surface area contributed by atoms with E-state index in [-0.39, 0.29) is 17.5 Å². The second-order valence-electron chi connectivity index (χ2n) is 8.04. The minimum absolute atomic E-state index is 0.0761. The number of nitrogens with zero attached hydrogens (tertiary/aromatic N) is 2. The van der Waals surface area contributed by atoms with E-state index < -0.39 is 17.0 Å². The molecule has 160 valence electrons. The summed E-state index contributed by atoms with van der Waals surface area (Å²) in [7, 11) is 1.42. The standard InChI is InChI=1S/C22H31F2N3O2/c1-3-25-21(27-13-9-16(10-14-27)20(28)29-2)26-15-22(11-4-5-12-22)19-17(23)7-6-8-18(19)24/h6-8,16H,3-5,9-15H2,1-2H3,(H,25,26). The van der Waals surface area contributed by atoms with Crippen molar-refractivity contribution in [3.63, 3.8) is 0 Å². The molecule has 1 saturated carbocycles. The predicted octanol–water partition coefficient (Wildman–Crippen LogP) is 3.63. The molecular weight excluding hydrogens is 376 g/mol. The van der Waals surface area contributed by atoms with Gasteiger partial charge >= 0.3 is 5.97 Å². The molecular formula is C22H31F2N3O2. The van der Waals surface area contributed by atoms with Crippen molar-refractivity contribution < 1.29 is 18.3 Å². The molecule has 0 radical (unpaired) electrons. The maximum absolute atomic E-state index is 14.6. The fourth-order valence-electron chi connectivity index (χ4n) is 4.69. The molecule has 1 saturated heterocycles. The second kappa shape index (κ2) is 9.55. The Hall–Kier alpha value is -2.18. The summed E-state index contributed by atoms with van der Waals surface area (Å²) in [6.07, 6.45) is 4.79. The molecule has 0 amide bonds. The molecule has 2 fully saturated rings. The summed E-state index contributed by atoms with van der Waals surface area (Å²) < 4.78 is 34.0. The number of likely N-dealkylation sites (tertiary alicyclic amines) is 1.